The number of fused-ring (bicyclic) bond motifs is 1. The van der Waals surface area contributed by atoms with Crippen LogP contribution in [0.5, 0.6) is 0 Å². The Hall–Kier alpha value is -3.08. The van der Waals surface area contributed by atoms with Crippen molar-refractivity contribution in [3.63, 3.8) is 0 Å². The maximum Gasteiger partial charge on any atom is 0.251 e. The van der Waals surface area contributed by atoms with Gasteiger partial charge in [-0.05, 0) is 30.0 Å². The molecule has 0 fully saturated rings. The molecule has 0 spiro atoms. The molecule has 3 rings (SSSR count). The molecule has 0 aliphatic heterocycles. The van der Waals surface area contributed by atoms with E-state index in [9.17, 15) is 9.59 Å². The molecule has 0 bridgehead atoms. The van der Waals surface area contributed by atoms with E-state index in [1.807, 2.05) is 36.4 Å². The van der Waals surface area contributed by atoms with Crippen LogP contribution in [-0.2, 0) is 24.1 Å². The maximum absolute atomic E-state index is 11.7. The summed E-state index contributed by atoms with van der Waals surface area (Å²) in [5.41, 5.74) is 14.8. The van der Waals surface area contributed by atoms with Crippen molar-refractivity contribution in [1.82, 2.24) is 4.98 Å². The Morgan fingerprint density at radius 1 is 0.917 bits per heavy atom. The second-order valence-corrected chi connectivity index (χ2v) is 5.85. The fraction of sp³-hybridized carbons (Fsp3) is 0.158. The second kappa shape index (κ2) is 6.58. The average molecular weight is 321 g/mol. The summed E-state index contributed by atoms with van der Waals surface area (Å²) in [4.78, 5) is 26.0. The quantitative estimate of drug-likeness (QED) is 0.647. The minimum absolute atomic E-state index is 0.0354. The van der Waals surface area contributed by atoms with E-state index in [0.29, 0.717) is 11.3 Å². The first kappa shape index (κ1) is 15.8. The monoisotopic (exact) mass is 321 g/mol. The first-order chi connectivity index (χ1) is 11.5. The zero-order valence-electron chi connectivity index (χ0n) is 13.2. The summed E-state index contributed by atoms with van der Waals surface area (Å²) in [5, 5.41) is 0.724. The number of aromatic amines is 1. The Morgan fingerprint density at radius 3 is 2.29 bits per heavy atom. The molecule has 0 unspecified atom stereocenters. The number of hydrogen-bond donors (Lipinski definition) is 3. The predicted molar refractivity (Wildman–Crippen MR) is 93.6 cm³/mol. The van der Waals surface area contributed by atoms with Gasteiger partial charge in [0.1, 0.15) is 0 Å². The number of amides is 2. The molecule has 0 atom stereocenters. The topological polar surface area (TPSA) is 102 Å². The largest absolute Gasteiger partial charge is 0.369 e. The fourth-order valence-electron chi connectivity index (χ4n) is 2.98. The van der Waals surface area contributed by atoms with Crippen LogP contribution in [0.15, 0.2) is 48.5 Å². The lowest BCUT2D eigenvalue weighted by molar-refractivity contribution is -0.117. The summed E-state index contributed by atoms with van der Waals surface area (Å²) in [6.07, 6.45) is 1.78. The summed E-state index contributed by atoms with van der Waals surface area (Å²) in [7, 11) is 0. The molecule has 0 aliphatic carbocycles. The lowest BCUT2D eigenvalue weighted by atomic mass is 10.0. The second-order valence-electron chi connectivity index (χ2n) is 5.85. The van der Waals surface area contributed by atoms with Crippen molar-refractivity contribution in [2.24, 2.45) is 11.5 Å². The SMILES string of the molecule is NC(=O)Cc1[nH]c2cc(CCc3ccccc3)ccc2c1C(N)=O. The van der Waals surface area contributed by atoms with Gasteiger partial charge in [-0.2, -0.15) is 0 Å². The number of aromatic nitrogens is 1. The Balaban J connectivity index is 1.90. The highest BCUT2D eigenvalue weighted by atomic mass is 16.1. The summed E-state index contributed by atoms with van der Waals surface area (Å²) in [6.45, 7) is 0. The maximum atomic E-state index is 11.7. The minimum atomic E-state index is -0.561. The lowest BCUT2D eigenvalue weighted by Gasteiger charge is -2.03. The van der Waals surface area contributed by atoms with Gasteiger partial charge in [-0.3, -0.25) is 9.59 Å². The predicted octanol–water partition coefficient (Wildman–Crippen LogP) is 2.08. The molecular weight excluding hydrogens is 302 g/mol. The van der Waals surface area contributed by atoms with E-state index in [1.165, 1.54) is 5.56 Å². The Morgan fingerprint density at radius 2 is 1.62 bits per heavy atom. The standard InChI is InChI=1S/C19H19N3O2/c20-17(23)11-16-18(19(21)24)14-9-8-13(10-15(14)22-16)7-6-12-4-2-1-3-5-12/h1-5,8-10,22H,6-7,11H2,(H2,20,23)(H2,21,24). The molecule has 5 nitrogen and oxygen atoms in total. The third kappa shape index (κ3) is 3.30. The van der Waals surface area contributed by atoms with Gasteiger partial charge >= 0.3 is 0 Å². The van der Waals surface area contributed by atoms with Gasteiger partial charge in [0.05, 0.1) is 12.0 Å². The van der Waals surface area contributed by atoms with E-state index in [-0.39, 0.29) is 6.42 Å². The molecule has 5 N–H and O–H groups in total. The number of carbonyl (C=O) groups excluding carboxylic acids is 2. The number of nitrogens with one attached hydrogen (secondary N) is 1. The molecule has 24 heavy (non-hydrogen) atoms. The molecule has 0 radical (unpaired) electrons. The van der Waals surface area contributed by atoms with Gasteiger partial charge < -0.3 is 16.5 Å². The van der Waals surface area contributed by atoms with Crippen molar-refractivity contribution in [3.8, 4) is 0 Å². The van der Waals surface area contributed by atoms with Gasteiger partial charge in [-0.1, -0.05) is 42.5 Å². The van der Waals surface area contributed by atoms with Crippen LogP contribution in [0, 0.1) is 0 Å². The molecule has 2 amide bonds. The number of nitrogens with two attached hydrogens (primary N) is 2. The number of hydrogen-bond acceptors (Lipinski definition) is 2. The Bertz CT molecular complexity index is 898. The first-order valence-corrected chi connectivity index (χ1v) is 7.80. The van der Waals surface area contributed by atoms with Gasteiger partial charge in [-0.15, -0.1) is 0 Å². The van der Waals surface area contributed by atoms with Crippen molar-refractivity contribution in [3.05, 3.63) is 70.9 Å². The minimum Gasteiger partial charge on any atom is -0.369 e. The van der Waals surface area contributed by atoms with Crippen LogP contribution in [-0.4, -0.2) is 16.8 Å². The van der Waals surface area contributed by atoms with Gasteiger partial charge in [0.25, 0.3) is 5.91 Å². The van der Waals surface area contributed by atoms with E-state index in [0.717, 1.165) is 29.3 Å². The van der Waals surface area contributed by atoms with Gasteiger partial charge in [0.15, 0.2) is 0 Å². The first-order valence-electron chi connectivity index (χ1n) is 7.80. The van der Waals surface area contributed by atoms with Crippen LogP contribution < -0.4 is 11.5 Å². The van der Waals surface area contributed by atoms with Crippen LogP contribution in [0.1, 0.15) is 27.2 Å². The molecule has 0 aliphatic rings. The van der Waals surface area contributed by atoms with Gasteiger partial charge in [0.2, 0.25) is 5.91 Å². The number of primary amides is 2. The zero-order chi connectivity index (χ0) is 17.1. The summed E-state index contributed by atoms with van der Waals surface area (Å²) in [5.74, 6) is -1.07. The number of carbonyl (C=O) groups is 2. The smallest absolute Gasteiger partial charge is 0.251 e. The molecule has 0 saturated heterocycles. The molecular formula is C19H19N3O2. The zero-order valence-corrected chi connectivity index (χ0v) is 13.2. The molecule has 1 heterocycles. The van der Waals surface area contributed by atoms with Crippen molar-refractivity contribution in [1.29, 1.82) is 0 Å². The third-order valence-electron chi connectivity index (χ3n) is 4.08. The highest BCUT2D eigenvalue weighted by Gasteiger charge is 2.17. The van der Waals surface area contributed by atoms with E-state index in [1.54, 1.807) is 0 Å². The highest BCUT2D eigenvalue weighted by Crippen LogP contribution is 2.24. The van der Waals surface area contributed by atoms with E-state index < -0.39 is 11.8 Å². The molecule has 1 aromatic heterocycles. The third-order valence-corrected chi connectivity index (χ3v) is 4.08. The molecule has 5 heteroatoms. The van der Waals surface area contributed by atoms with Crippen molar-refractivity contribution in [2.75, 3.05) is 0 Å². The van der Waals surface area contributed by atoms with Crippen LogP contribution >= 0.6 is 0 Å². The normalized spacial score (nSPS) is 10.8. The van der Waals surface area contributed by atoms with Gasteiger partial charge in [-0.25, -0.2) is 0 Å². The summed E-state index contributed by atoms with van der Waals surface area (Å²) < 4.78 is 0. The number of benzene rings is 2. The number of rotatable bonds is 6. The lowest BCUT2D eigenvalue weighted by Crippen LogP contribution is -2.18. The molecule has 0 saturated carbocycles. The van der Waals surface area contributed by atoms with Crippen LogP contribution in [0.25, 0.3) is 10.9 Å². The molecule has 2 aromatic carbocycles. The Labute approximate surface area is 139 Å². The van der Waals surface area contributed by atoms with Crippen molar-refractivity contribution >= 4 is 22.7 Å². The van der Waals surface area contributed by atoms with Crippen LogP contribution in [0.4, 0.5) is 0 Å². The summed E-state index contributed by atoms with van der Waals surface area (Å²) in [6, 6.07) is 16.1. The average Bonchev–Trinajstić information content (AvgIpc) is 2.90. The molecule has 122 valence electrons. The highest BCUT2D eigenvalue weighted by molar-refractivity contribution is 6.08. The van der Waals surface area contributed by atoms with Crippen molar-refractivity contribution < 1.29 is 9.59 Å². The fourth-order valence-corrected chi connectivity index (χ4v) is 2.98. The van der Waals surface area contributed by atoms with Crippen molar-refractivity contribution in [2.45, 2.75) is 19.3 Å². The van der Waals surface area contributed by atoms with Crippen LogP contribution in [0.3, 0.4) is 0 Å². The summed E-state index contributed by atoms with van der Waals surface area (Å²) >= 11 is 0. The number of aryl methyl sites for hydroxylation is 2. The van der Waals surface area contributed by atoms with E-state index in [4.69, 9.17) is 11.5 Å². The van der Waals surface area contributed by atoms with E-state index >= 15 is 0 Å². The Kier molecular flexibility index (Phi) is 4.33. The number of H-pyrrole nitrogens is 1. The van der Waals surface area contributed by atoms with Crippen LogP contribution in [0.2, 0.25) is 0 Å². The van der Waals surface area contributed by atoms with Gasteiger partial charge in [0, 0.05) is 16.6 Å². The van der Waals surface area contributed by atoms with E-state index in [2.05, 4.69) is 17.1 Å². The molecule has 3 aromatic rings.